The maximum atomic E-state index is 6.23. The van der Waals surface area contributed by atoms with E-state index in [9.17, 15) is 0 Å². The first-order valence-electron chi connectivity index (χ1n) is 7.88. The molecule has 0 aromatic rings. The second-order valence-corrected chi connectivity index (χ2v) is 6.89. The molecule has 1 atom stereocenters. The van der Waals surface area contributed by atoms with Crippen LogP contribution in [0.15, 0.2) is 0 Å². The molecule has 3 aliphatic heterocycles. The molecule has 3 heterocycles. The second-order valence-electron chi connectivity index (χ2n) is 6.89. The lowest BCUT2D eigenvalue weighted by molar-refractivity contribution is -0.0607. The van der Waals surface area contributed by atoms with E-state index in [-0.39, 0.29) is 0 Å². The number of hydrogen-bond acceptors (Lipinski definition) is 3. The van der Waals surface area contributed by atoms with Crippen molar-refractivity contribution in [1.82, 2.24) is 9.80 Å². The topological polar surface area (TPSA) is 32.5 Å². The van der Waals surface area contributed by atoms with E-state index in [1.165, 1.54) is 64.7 Å². The van der Waals surface area contributed by atoms with Crippen molar-refractivity contribution >= 4 is 0 Å². The Morgan fingerprint density at radius 3 is 2.33 bits per heavy atom. The number of piperidine rings is 3. The van der Waals surface area contributed by atoms with E-state index >= 15 is 0 Å². The van der Waals surface area contributed by atoms with Crippen molar-refractivity contribution in [2.45, 2.75) is 44.1 Å². The molecule has 0 aromatic heterocycles. The molecule has 0 radical (unpaired) electrons. The molecular weight excluding hydrogens is 222 g/mol. The molecule has 3 nitrogen and oxygen atoms in total. The molecule has 1 unspecified atom stereocenters. The number of fused-ring (bicyclic) bond motifs is 3. The zero-order valence-electron chi connectivity index (χ0n) is 11.9. The summed E-state index contributed by atoms with van der Waals surface area (Å²) in [4.78, 5) is 5.29. The average molecular weight is 251 g/mol. The Hall–Kier alpha value is -0.120. The Morgan fingerprint density at radius 2 is 1.83 bits per heavy atom. The Bertz CT molecular complexity index is 279. The monoisotopic (exact) mass is 251 g/mol. The summed E-state index contributed by atoms with van der Waals surface area (Å²) < 4.78 is 0. The number of nitrogens with zero attached hydrogens (tertiary/aromatic N) is 2. The van der Waals surface area contributed by atoms with Gasteiger partial charge in [-0.1, -0.05) is 12.8 Å². The highest BCUT2D eigenvalue weighted by Crippen LogP contribution is 2.39. The third-order valence-electron chi connectivity index (χ3n) is 5.97. The Labute approximate surface area is 112 Å². The fourth-order valence-corrected chi connectivity index (χ4v) is 4.73. The summed E-state index contributed by atoms with van der Waals surface area (Å²) in [5.41, 5.74) is 6.52. The van der Waals surface area contributed by atoms with Crippen molar-refractivity contribution in [3.05, 3.63) is 0 Å². The lowest BCUT2D eigenvalue weighted by Gasteiger charge is -2.57. The largest absolute Gasteiger partial charge is 0.329 e. The van der Waals surface area contributed by atoms with Crippen LogP contribution in [0.1, 0.15) is 38.5 Å². The molecule has 0 amide bonds. The summed E-state index contributed by atoms with van der Waals surface area (Å²) in [6.07, 6.45) is 8.52. The Morgan fingerprint density at radius 1 is 1.17 bits per heavy atom. The molecule has 4 fully saturated rings. The van der Waals surface area contributed by atoms with E-state index in [0.29, 0.717) is 5.54 Å². The first kappa shape index (κ1) is 12.9. The molecule has 0 aromatic carbocycles. The van der Waals surface area contributed by atoms with Gasteiger partial charge >= 0.3 is 0 Å². The first-order valence-corrected chi connectivity index (χ1v) is 7.88. The van der Waals surface area contributed by atoms with Crippen molar-refractivity contribution in [3.8, 4) is 0 Å². The van der Waals surface area contributed by atoms with Gasteiger partial charge in [-0.25, -0.2) is 0 Å². The van der Waals surface area contributed by atoms with Crippen molar-refractivity contribution < 1.29 is 0 Å². The SMILES string of the molecule is CN(CC1CCCC1)C1(CN)CN2CCC1CC2. The quantitative estimate of drug-likeness (QED) is 0.822. The standard InChI is InChI=1S/C15H29N3/c1-17(10-13-4-2-3-5-13)15(11-16)12-18-8-6-14(15)7-9-18/h13-14H,2-12,16H2,1H3. The zero-order chi connectivity index (χ0) is 12.6. The van der Waals surface area contributed by atoms with Gasteiger partial charge in [0.15, 0.2) is 0 Å². The molecule has 4 aliphatic rings. The third kappa shape index (κ3) is 2.10. The molecule has 18 heavy (non-hydrogen) atoms. The predicted molar refractivity (Wildman–Crippen MR) is 75.5 cm³/mol. The first-order chi connectivity index (χ1) is 8.74. The summed E-state index contributed by atoms with van der Waals surface area (Å²) in [6.45, 7) is 5.96. The number of hydrogen-bond donors (Lipinski definition) is 1. The van der Waals surface area contributed by atoms with Crippen molar-refractivity contribution in [2.24, 2.45) is 17.6 Å². The van der Waals surface area contributed by atoms with E-state index < -0.39 is 0 Å². The molecule has 3 heteroatoms. The van der Waals surface area contributed by atoms with Gasteiger partial charge in [-0.05, 0) is 57.7 Å². The fourth-order valence-electron chi connectivity index (χ4n) is 4.73. The van der Waals surface area contributed by atoms with Gasteiger partial charge in [0.25, 0.3) is 0 Å². The molecule has 1 saturated carbocycles. The van der Waals surface area contributed by atoms with Crippen LogP contribution in [0.5, 0.6) is 0 Å². The van der Waals surface area contributed by atoms with Crippen LogP contribution in [0, 0.1) is 11.8 Å². The number of likely N-dealkylation sites (N-methyl/N-ethyl adjacent to an activating group) is 1. The summed E-state index contributed by atoms with van der Waals surface area (Å²) >= 11 is 0. The lowest BCUT2D eigenvalue weighted by Crippen LogP contribution is -2.69. The second kappa shape index (κ2) is 5.10. The van der Waals surface area contributed by atoms with E-state index in [2.05, 4.69) is 16.8 Å². The van der Waals surface area contributed by atoms with Gasteiger partial charge in [-0.2, -0.15) is 0 Å². The van der Waals surface area contributed by atoms with Gasteiger partial charge in [0.1, 0.15) is 0 Å². The van der Waals surface area contributed by atoms with E-state index in [1.807, 2.05) is 0 Å². The van der Waals surface area contributed by atoms with Crippen molar-refractivity contribution in [1.29, 1.82) is 0 Å². The van der Waals surface area contributed by atoms with Gasteiger partial charge in [-0.15, -0.1) is 0 Å². The van der Waals surface area contributed by atoms with Crippen LogP contribution in [0.25, 0.3) is 0 Å². The summed E-state index contributed by atoms with van der Waals surface area (Å²) in [6, 6.07) is 0. The molecular formula is C15H29N3. The normalized spacial score (nSPS) is 40.8. The van der Waals surface area contributed by atoms with Crippen molar-refractivity contribution in [3.63, 3.8) is 0 Å². The minimum Gasteiger partial charge on any atom is -0.329 e. The Balaban J connectivity index is 1.70. The highest BCUT2D eigenvalue weighted by Gasteiger charge is 2.48. The maximum Gasteiger partial charge on any atom is 0.0484 e. The van der Waals surface area contributed by atoms with Gasteiger partial charge in [0, 0.05) is 25.2 Å². The molecule has 4 rings (SSSR count). The molecule has 2 N–H and O–H groups in total. The molecule has 0 spiro atoms. The predicted octanol–water partition coefficient (Wildman–Crippen LogP) is 1.53. The highest BCUT2D eigenvalue weighted by molar-refractivity contribution is 5.05. The van der Waals surface area contributed by atoms with Gasteiger partial charge in [0.05, 0.1) is 0 Å². The lowest BCUT2D eigenvalue weighted by atomic mass is 9.71. The molecule has 104 valence electrons. The van der Waals surface area contributed by atoms with Crippen LogP contribution in [-0.2, 0) is 0 Å². The maximum absolute atomic E-state index is 6.23. The molecule has 1 aliphatic carbocycles. The average Bonchev–Trinajstić information content (AvgIpc) is 2.92. The fraction of sp³-hybridized carbons (Fsp3) is 1.00. The highest BCUT2D eigenvalue weighted by atomic mass is 15.3. The summed E-state index contributed by atoms with van der Waals surface area (Å²) in [7, 11) is 2.34. The minimum absolute atomic E-state index is 0.291. The van der Waals surface area contributed by atoms with Crippen LogP contribution in [0.2, 0.25) is 0 Å². The number of nitrogens with two attached hydrogens (primary N) is 1. The van der Waals surface area contributed by atoms with Crippen LogP contribution in [0.3, 0.4) is 0 Å². The molecule has 2 bridgehead atoms. The van der Waals surface area contributed by atoms with Crippen molar-refractivity contribution in [2.75, 3.05) is 39.8 Å². The zero-order valence-corrected chi connectivity index (χ0v) is 11.9. The van der Waals surface area contributed by atoms with E-state index in [0.717, 1.165) is 18.4 Å². The number of rotatable bonds is 4. The van der Waals surface area contributed by atoms with Gasteiger partial charge in [0.2, 0.25) is 0 Å². The summed E-state index contributed by atoms with van der Waals surface area (Å²) in [5.74, 6) is 1.78. The van der Waals surface area contributed by atoms with E-state index in [4.69, 9.17) is 5.73 Å². The minimum atomic E-state index is 0.291. The third-order valence-corrected chi connectivity index (χ3v) is 5.97. The summed E-state index contributed by atoms with van der Waals surface area (Å²) in [5, 5.41) is 0. The van der Waals surface area contributed by atoms with Gasteiger partial charge in [-0.3, -0.25) is 4.90 Å². The molecule has 3 saturated heterocycles. The smallest absolute Gasteiger partial charge is 0.0484 e. The van der Waals surface area contributed by atoms with Crippen LogP contribution < -0.4 is 5.73 Å². The van der Waals surface area contributed by atoms with E-state index in [1.54, 1.807) is 0 Å². The van der Waals surface area contributed by atoms with Gasteiger partial charge < -0.3 is 10.6 Å². The van der Waals surface area contributed by atoms with Crippen LogP contribution in [-0.4, -0.2) is 55.1 Å². The Kier molecular flexibility index (Phi) is 3.65. The van der Waals surface area contributed by atoms with Crippen LogP contribution in [0.4, 0.5) is 0 Å². The van der Waals surface area contributed by atoms with Crippen LogP contribution >= 0.6 is 0 Å².